The van der Waals surface area contributed by atoms with Gasteiger partial charge >= 0.3 is 0 Å². The predicted octanol–water partition coefficient (Wildman–Crippen LogP) is 4.12. The Labute approximate surface area is 166 Å². The Bertz CT molecular complexity index is 1110. The number of carbonyl (C=O) groups is 2. The molecule has 1 fully saturated rings. The maximum atomic E-state index is 13.7. The summed E-state index contributed by atoms with van der Waals surface area (Å²) in [6, 6.07) is 14.7. The molecule has 148 valence electrons. The van der Waals surface area contributed by atoms with E-state index < -0.39 is 11.6 Å². The molecule has 0 unspecified atom stereocenters. The van der Waals surface area contributed by atoms with Crippen molar-refractivity contribution in [3.05, 3.63) is 71.8 Å². The maximum absolute atomic E-state index is 13.7. The minimum atomic E-state index is -0.913. The number of rotatable bonds is 3. The number of nitrogens with zero attached hydrogens (tertiary/aromatic N) is 1. The van der Waals surface area contributed by atoms with E-state index in [0.29, 0.717) is 37.1 Å². The van der Waals surface area contributed by atoms with Gasteiger partial charge in [-0.1, -0.05) is 36.4 Å². The third-order valence-corrected chi connectivity index (χ3v) is 5.57. The van der Waals surface area contributed by atoms with E-state index in [1.807, 2.05) is 18.2 Å². The molecule has 0 aromatic heterocycles. The van der Waals surface area contributed by atoms with Crippen LogP contribution in [-0.2, 0) is 4.79 Å². The number of nitrogens with two attached hydrogens (primary N) is 1. The highest BCUT2D eigenvalue weighted by Gasteiger charge is 2.27. The van der Waals surface area contributed by atoms with Crippen LogP contribution in [0.15, 0.2) is 54.6 Å². The molecule has 29 heavy (non-hydrogen) atoms. The Balaban J connectivity index is 1.71. The Kier molecular flexibility index (Phi) is 5.01. The second kappa shape index (κ2) is 7.62. The van der Waals surface area contributed by atoms with E-state index in [0.717, 1.165) is 28.5 Å². The van der Waals surface area contributed by atoms with Crippen molar-refractivity contribution in [2.45, 2.75) is 12.8 Å². The highest BCUT2D eigenvalue weighted by atomic mass is 19.2. The van der Waals surface area contributed by atoms with E-state index in [1.54, 1.807) is 23.1 Å². The fourth-order valence-electron chi connectivity index (χ4n) is 3.95. The summed E-state index contributed by atoms with van der Waals surface area (Å²) in [5.41, 5.74) is 7.19. The van der Waals surface area contributed by atoms with Crippen LogP contribution in [0.4, 0.5) is 8.78 Å². The first-order chi connectivity index (χ1) is 14.0. The summed E-state index contributed by atoms with van der Waals surface area (Å²) in [5.74, 6) is -2.43. The van der Waals surface area contributed by atoms with Gasteiger partial charge in [-0.25, -0.2) is 8.78 Å². The van der Waals surface area contributed by atoms with Crippen LogP contribution in [0.5, 0.6) is 0 Å². The molecule has 4 nitrogen and oxygen atoms in total. The van der Waals surface area contributed by atoms with Crippen LogP contribution >= 0.6 is 0 Å². The van der Waals surface area contributed by atoms with Gasteiger partial charge in [0.15, 0.2) is 11.6 Å². The lowest BCUT2D eigenvalue weighted by Crippen LogP contribution is -2.41. The van der Waals surface area contributed by atoms with Gasteiger partial charge in [-0.15, -0.1) is 0 Å². The van der Waals surface area contributed by atoms with Crippen molar-refractivity contribution in [3.63, 3.8) is 0 Å². The topological polar surface area (TPSA) is 63.4 Å². The van der Waals surface area contributed by atoms with Crippen LogP contribution in [0.25, 0.3) is 21.9 Å². The van der Waals surface area contributed by atoms with Crippen LogP contribution in [0.3, 0.4) is 0 Å². The lowest BCUT2D eigenvalue weighted by atomic mass is 9.93. The number of carbonyl (C=O) groups excluding carboxylic acids is 2. The SMILES string of the molecule is NC(=O)C1CCN(C(=O)c2cccc3c(-c4ccc(F)c(F)c4)cccc23)CC1. The van der Waals surface area contributed by atoms with E-state index in [-0.39, 0.29) is 17.7 Å². The molecule has 1 aliphatic rings. The van der Waals surface area contributed by atoms with Gasteiger partial charge in [0.1, 0.15) is 0 Å². The van der Waals surface area contributed by atoms with Gasteiger partial charge in [0, 0.05) is 24.6 Å². The first-order valence-electron chi connectivity index (χ1n) is 9.51. The summed E-state index contributed by atoms with van der Waals surface area (Å²) in [4.78, 5) is 26.2. The molecule has 3 aromatic rings. The van der Waals surface area contributed by atoms with Crippen molar-refractivity contribution in [1.29, 1.82) is 0 Å². The van der Waals surface area contributed by atoms with Crippen molar-refractivity contribution in [1.82, 2.24) is 4.90 Å². The number of amides is 2. The zero-order valence-corrected chi connectivity index (χ0v) is 15.7. The summed E-state index contributed by atoms with van der Waals surface area (Å²) in [6.07, 6.45) is 1.12. The van der Waals surface area contributed by atoms with Crippen molar-refractivity contribution >= 4 is 22.6 Å². The van der Waals surface area contributed by atoms with Crippen LogP contribution in [0.1, 0.15) is 23.2 Å². The molecule has 6 heteroatoms. The number of primary amides is 1. The number of piperidine rings is 1. The van der Waals surface area contributed by atoms with Crippen molar-refractivity contribution < 1.29 is 18.4 Å². The molecule has 2 amide bonds. The molecule has 3 aromatic carbocycles. The molecule has 0 bridgehead atoms. The summed E-state index contributed by atoms with van der Waals surface area (Å²) >= 11 is 0. The molecule has 0 aliphatic carbocycles. The third-order valence-electron chi connectivity index (χ3n) is 5.57. The molecule has 1 aliphatic heterocycles. The Morgan fingerprint density at radius 2 is 1.59 bits per heavy atom. The van der Waals surface area contributed by atoms with E-state index >= 15 is 0 Å². The monoisotopic (exact) mass is 394 g/mol. The van der Waals surface area contributed by atoms with Gasteiger partial charge in [-0.05, 0) is 52.9 Å². The molecule has 0 saturated carbocycles. The molecule has 0 atom stereocenters. The molecular weight excluding hydrogens is 374 g/mol. The van der Waals surface area contributed by atoms with E-state index in [1.165, 1.54) is 6.07 Å². The fourth-order valence-corrected chi connectivity index (χ4v) is 3.95. The van der Waals surface area contributed by atoms with Gasteiger partial charge in [0.25, 0.3) is 5.91 Å². The molecule has 1 heterocycles. The standard InChI is InChI=1S/C23H20F2N2O2/c24-20-8-7-15(13-21(20)25)16-3-1-5-18-17(16)4-2-6-19(18)23(29)27-11-9-14(10-12-27)22(26)28/h1-8,13-14H,9-12H2,(H2,26,28). The summed E-state index contributed by atoms with van der Waals surface area (Å²) in [5, 5.41) is 1.54. The number of hydrogen-bond acceptors (Lipinski definition) is 2. The molecule has 1 saturated heterocycles. The van der Waals surface area contributed by atoms with E-state index in [2.05, 4.69) is 0 Å². The van der Waals surface area contributed by atoms with Gasteiger partial charge in [0.2, 0.25) is 5.91 Å². The summed E-state index contributed by atoms with van der Waals surface area (Å²) < 4.78 is 27.1. The molecular formula is C23H20F2N2O2. The number of hydrogen-bond donors (Lipinski definition) is 1. The second-order valence-corrected chi connectivity index (χ2v) is 7.30. The normalized spacial score (nSPS) is 14.9. The van der Waals surface area contributed by atoms with Crippen LogP contribution in [-0.4, -0.2) is 29.8 Å². The quantitative estimate of drug-likeness (QED) is 0.726. The molecule has 0 radical (unpaired) electrons. The number of likely N-dealkylation sites (tertiary alicyclic amines) is 1. The zero-order chi connectivity index (χ0) is 20.5. The summed E-state index contributed by atoms with van der Waals surface area (Å²) in [6.45, 7) is 0.956. The average molecular weight is 394 g/mol. The first kappa shape index (κ1) is 19.1. The number of benzene rings is 3. The third kappa shape index (κ3) is 3.58. The van der Waals surface area contributed by atoms with Crippen LogP contribution in [0.2, 0.25) is 0 Å². The average Bonchev–Trinajstić information content (AvgIpc) is 2.74. The van der Waals surface area contributed by atoms with Crippen molar-refractivity contribution in [2.24, 2.45) is 11.7 Å². The van der Waals surface area contributed by atoms with E-state index in [9.17, 15) is 18.4 Å². The molecule has 4 rings (SSSR count). The van der Waals surface area contributed by atoms with Gasteiger partial charge in [-0.3, -0.25) is 9.59 Å². The minimum absolute atomic E-state index is 0.110. The fraction of sp³-hybridized carbons (Fsp3) is 0.217. The van der Waals surface area contributed by atoms with Crippen LogP contribution < -0.4 is 5.73 Å². The largest absolute Gasteiger partial charge is 0.369 e. The lowest BCUT2D eigenvalue weighted by Gasteiger charge is -2.31. The van der Waals surface area contributed by atoms with Gasteiger partial charge in [0.05, 0.1) is 0 Å². The molecule has 0 spiro atoms. The minimum Gasteiger partial charge on any atom is -0.369 e. The predicted molar refractivity (Wildman–Crippen MR) is 107 cm³/mol. The van der Waals surface area contributed by atoms with Gasteiger partial charge in [-0.2, -0.15) is 0 Å². The number of halogens is 2. The Morgan fingerprint density at radius 3 is 2.28 bits per heavy atom. The maximum Gasteiger partial charge on any atom is 0.254 e. The Hall–Kier alpha value is -3.28. The lowest BCUT2D eigenvalue weighted by molar-refractivity contribution is -0.123. The highest BCUT2D eigenvalue weighted by molar-refractivity contribution is 6.10. The van der Waals surface area contributed by atoms with Crippen LogP contribution in [0, 0.1) is 17.6 Å². The second-order valence-electron chi connectivity index (χ2n) is 7.30. The molecule has 2 N–H and O–H groups in total. The zero-order valence-electron chi connectivity index (χ0n) is 15.7. The highest BCUT2D eigenvalue weighted by Crippen LogP contribution is 2.32. The Morgan fingerprint density at radius 1 is 0.897 bits per heavy atom. The number of fused-ring (bicyclic) bond motifs is 1. The smallest absolute Gasteiger partial charge is 0.254 e. The summed E-state index contributed by atoms with van der Waals surface area (Å²) in [7, 11) is 0. The van der Waals surface area contributed by atoms with Gasteiger partial charge < -0.3 is 10.6 Å². The van der Waals surface area contributed by atoms with Crippen molar-refractivity contribution in [3.8, 4) is 11.1 Å². The van der Waals surface area contributed by atoms with Crippen molar-refractivity contribution in [2.75, 3.05) is 13.1 Å². The first-order valence-corrected chi connectivity index (χ1v) is 9.51. The van der Waals surface area contributed by atoms with E-state index in [4.69, 9.17) is 5.73 Å².